The van der Waals surface area contributed by atoms with Crippen LogP contribution in [0.25, 0.3) is 0 Å². The molecule has 2 aromatic rings. The number of carbonyl (C=O) groups is 1. The van der Waals surface area contributed by atoms with Crippen LogP contribution in [-0.4, -0.2) is 10.7 Å². The van der Waals surface area contributed by atoms with Gasteiger partial charge in [-0.15, -0.1) is 4.91 Å². The number of Topliss-reactive ketones (excluding diaryl/α,β-unsaturated/α-hetero) is 1. The van der Waals surface area contributed by atoms with Crippen molar-refractivity contribution in [2.24, 2.45) is 5.18 Å². The predicted molar refractivity (Wildman–Crippen MR) is 92.7 cm³/mol. The average molecular weight is 408 g/mol. The Morgan fingerprint density at radius 3 is 2.38 bits per heavy atom. The molecule has 0 aliphatic carbocycles. The van der Waals surface area contributed by atoms with Gasteiger partial charge < -0.3 is 0 Å². The summed E-state index contributed by atoms with van der Waals surface area (Å²) >= 11 is 23.9. The highest BCUT2D eigenvalue weighted by Crippen LogP contribution is 2.46. The van der Waals surface area contributed by atoms with Crippen LogP contribution in [0, 0.1) is 15.0 Å². The molecule has 2 rings (SSSR count). The van der Waals surface area contributed by atoms with Crippen molar-refractivity contribution in [1.29, 1.82) is 0 Å². The first-order valence-corrected chi connectivity index (χ1v) is 7.70. The topological polar surface area (TPSA) is 89.6 Å². The first kappa shape index (κ1) is 18.6. The Labute approximate surface area is 155 Å². The van der Waals surface area contributed by atoms with E-state index in [1.807, 2.05) is 0 Å². The van der Waals surface area contributed by atoms with Crippen LogP contribution < -0.4 is 0 Å². The molecule has 0 N–H and O–H groups in total. The Morgan fingerprint density at radius 2 is 1.79 bits per heavy atom. The molecule has 0 bridgehead atoms. The minimum Gasteiger partial charge on any atom is -0.290 e. The average Bonchev–Trinajstić information content (AvgIpc) is 2.52. The van der Waals surface area contributed by atoms with E-state index in [0.29, 0.717) is 0 Å². The molecule has 0 aliphatic rings. The maximum atomic E-state index is 12.7. The molecule has 0 saturated carbocycles. The van der Waals surface area contributed by atoms with Crippen LogP contribution in [-0.2, 0) is 4.33 Å². The number of benzene rings is 2. The number of hydrogen-bond acceptors (Lipinski definition) is 5. The predicted octanol–water partition coefficient (Wildman–Crippen LogP) is 5.81. The lowest BCUT2D eigenvalue weighted by atomic mass is 9.99. The summed E-state index contributed by atoms with van der Waals surface area (Å²) in [5.41, 5.74) is -1.46. The van der Waals surface area contributed by atoms with Gasteiger partial charge in [-0.2, -0.15) is 0 Å². The molecule has 0 spiro atoms. The lowest BCUT2D eigenvalue weighted by molar-refractivity contribution is -0.385. The molecule has 10 heteroatoms. The minimum absolute atomic E-state index is 0.000808. The van der Waals surface area contributed by atoms with Crippen molar-refractivity contribution in [2.45, 2.75) is 4.33 Å². The molecule has 0 amide bonds. The molecule has 0 radical (unpaired) electrons. The summed E-state index contributed by atoms with van der Waals surface area (Å²) in [6.07, 6.45) is 0. The first-order chi connectivity index (χ1) is 11.2. The van der Waals surface area contributed by atoms with E-state index in [4.69, 9.17) is 46.4 Å². The first-order valence-electron chi connectivity index (χ1n) is 6.19. The van der Waals surface area contributed by atoms with Crippen LogP contribution in [0.1, 0.15) is 15.9 Å². The second-order valence-corrected chi connectivity index (χ2v) is 6.72. The van der Waals surface area contributed by atoms with Gasteiger partial charge in [0, 0.05) is 5.02 Å². The fourth-order valence-electron chi connectivity index (χ4n) is 2.03. The van der Waals surface area contributed by atoms with E-state index >= 15 is 0 Å². The number of nitroso groups, excluding NO2 is 1. The quantitative estimate of drug-likeness (QED) is 0.205. The van der Waals surface area contributed by atoms with Gasteiger partial charge in [0.1, 0.15) is 10.7 Å². The number of carbonyl (C=O) groups excluding carboxylic acids is 1. The zero-order chi connectivity index (χ0) is 18.1. The highest BCUT2D eigenvalue weighted by Gasteiger charge is 2.43. The monoisotopic (exact) mass is 406 g/mol. The second kappa shape index (κ2) is 7.03. The van der Waals surface area contributed by atoms with Gasteiger partial charge in [-0.1, -0.05) is 58.5 Å². The summed E-state index contributed by atoms with van der Waals surface area (Å²) in [7, 11) is 0. The Kier molecular flexibility index (Phi) is 5.45. The van der Waals surface area contributed by atoms with Gasteiger partial charge >= 0.3 is 0 Å². The van der Waals surface area contributed by atoms with E-state index in [1.165, 1.54) is 24.3 Å². The van der Waals surface area contributed by atoms with E-state index in [0.717, 1.165) is 12.1 Å². The van der Waals surface area contributed by atoms with Crippen LogP contribution in [0.5, 0.6) is 0 Å². The summed E-state index contributed by atoms with van der Waals surface area (Å²) in [5.74, 6) is -0.970. The Hall–Kier alpha value is -1.73. The largest absolute Gasteiger partial charge is 0.294 e. The van der Waals surface area contributed by atoms with Gasteiger partial charge in [0.05, 0.1) is 16.1 Å². The number of alkyl halides is 2. The van der Waals surface area contributed by atoms with E-state index in [2.05, 4.69) is 5.18 Å². The van der Waals surface area contributed by atoms with Crippen LogP contribution in [0.4, 0.5) is 11.4 Å². The van der Waals surface area contributed by atoms with E-state index in [-0.39, 0.29) is 21.3 Å². The maximum absolute atomic E-state index is 12.7. The van der Waals surface area contributed by atoms with Gasteiger partial charge in [-0.25, -0.2) is 0 Å². The summed E-state index contributed by atoms with van der Waals surface area (Å²) in [5, 5.41) is 13.7. The third-order valence-corrected chi connectivity index (χ3v) is 4.34. The van der Waals surface area contributed by atoms with Crippen molar-refractivity contribution in [3.05, 3.63) is 72.6 Å². The Balaban J connectivity index is 2.69. The highest BCUT2D eigenvalue weighted by atomic mass is 35.5. The van der Waals surface area contributed by atoms with E-state index in [1.54, 1.807) is 0 Å². The van der Waals surface area contributed by atoms with Crippen LogP contribution >= 0.6 is 46.4 Å². The van der Waals surface area contributed by atoms with Crippen molar-refractivity contribution in [2.75, 3.05) is 0 Å². The summed E-state index contributed by atoms with van der Waals surface area (Å²) < 4.78 is -2.41. The van der Waals surface area contributed by atoms with Gasteiger partial charge in [-0.05, 0) is 29.4 Å². The number of hydrogen-bond donors (Lipinski definition) is 0. The van der Waals surface area contributed by atoms with E-state index < -0.39 is 26.3 Å². The number of halogens is 4. The zero-order valence-electron chi connectivity index (χ0n) is 11.5. The van der Waals surface area contributed by atoms with Crippen molar-refractivity contribution in [1.82, 2.24) is 0 Å². The van der Waals surface area contributed by atoms with Crippen LogP contribution in [0.3, 0.4) is 0 Å². The highest BCUT2D eigenvalue weighted by molar-refractivity contribution is 6.60. The molecule has 2 aromatic carbocycles. The molecular weight excluding hydrogens is 402 g/mol. The van der Waals surface area contributed by atoms with Crippen LogP contribution in [0.15, 0.2) is 41.6 Å². The number of nitro benzene ring substituents is 1. The summed E-state index contributed by atoms with van der Waals surface area (Å²) in [6, 6.07) is 7.70. The smallest absolute Gasteiger partial charge is 0.290 e. The number of rotatable bonds is 5. The molecule has 124 valence electrons. The Bertz CT molecular complexity index is 855. The standard InChI is InChI=1S/C14H6Cl4N2O4/c15-7-5-9(12(20(23)24)10(16)6-7)14(17,18)13(21)8-3-1-2-4-11(8)19-22/h1-6H. The van der Waals surface area contributed by atoms with Crippen molar-refractivity contribution >= 4 is 63.6 Å². The molecular formula is C14H6Cl4N2O4. The van der Waals surface area contributed by atoms with Crippen molar-refractivity contribution in [3.8, 4) is 0 Å². The zero-order valence-corrected chi connectivity index (χ0v) is 14.5. The van der Waals surface area contributed by atoms with Crippen LogP contribution in [0.2, 0.25) is 10.0 Å². The van der Waals surface area contributed by atoms with Crippen molar-refractivity contribution < 1.29 is 9.72 Å². The fourth-order valence-corrected chi connectivity index (χ4v) is 3.08. The number of ketones is 1. The normalized spacial score (nSPS) is 11.2. The van der Waals surface area contributed by atoms with Crippen molar-refractivity contribution in [3.63, 3.8) is 0 Å². The number of nitro groups is 1. The minimum atomic E-state index is -2.41. The number of nitrogens with zero attached hydrogens (tertiary/aromatic N) is 2. The third kappa shape index (κ3) is 3.37. The maximum Gasteiger partial charge on any atom is 0.294 e. The van der Waals surface area contributed by atoms with Gasteiger partial charge in [-0.3, -0.25) is 14.9 Å². The SMILES string of the molecule is O=Nc1ccccc1C(=O)C(Cl)(Cl)c1cc(Cl)cc(Cl)c1[N+](=O)[O-]. The molecule has 0 fully saturated rings. The summed E-state index contributed by atoms with van der Waals surface area (Å²) in [6.45, 7) is 0. The summed E-state index contributed by atoms with van der Waals surface area (Å²) in [4.78, 5) is 33.9. The molecule has 0 aliphatic heterocycles. The van der Waals surface area contributed by atoms with Gasteiger partial charge in [0.25, 0.3) is 5.69 Å². The molecule has 0 atom stereocenters. The molecule has 0 unspecified atom stereocenters. The van der Waals surface area contributed by atoms with E-state index in [9.17, 15) is 19.8 Å². The molecule has 24 heavy (non-hydrogen) atoms. The second-order valence-electron chi connectivity index (χ2n) is 4.55. The lowest BCUT2D eigenvalue weighted by Crippen LogP contribution is -2.25. The fraction of sp³-hybridized carbons (Fsp3) is 0.0714. The van der Waals surface area contributed by atoms with Gasteiger partial charge in [0.15, 0.2) is 0 Å². The molecule has 6 nitrogen and oxygen atoms in total. The molecule has 0 aromatic heterocycles. The lowest BCUT2D eigenvalue weighted by Gasteiger charge is -2.20. The Morgan fingerprint density at radius 1 is 1.17 bits per heavy atom. The van der Waals surface area contributed by atoms with Gasteiger partial charge in [0.2, 0.25) is 10.1 Å². The third-order valence-electron chi connectivity index (χ3n) is 3.08. The molecule has 0 saturated heterocycles. The molecule has 0 heterocycles.